The van der Waals surface area contributed by atoms with Crippen LogP contribution in [-0.4, -0.2) is 58.9 Å². The molecule has 1 fully saturated rings. The SMILES string of the molecule is CN1CCOCC1Cn1ncc(=O)c(O)c1C=O. The number of carbonyl (C=O) groups is 1. The first-order chi connectivity index (χ1) is 8.63. The van der Waals surface area contributed by atoms with Gasteiger partial charge in [0.05, 0.1) is 32.0 Å². The van der Waals surface area contributed by atoms with Crippen LogP contribution >= 0.6 is 0 Å². The first kappa shape index (κ1) is 12.7. The monoisotopic (exact) mass is 253 g/mol. The molecule has 7 heteroatoms. The number of nitrogens with zero attached hydrogens (tertiary/aromatic N) is 3. The number of carbonyl (C=O) groups excluding carboxylic acids is 1. The Balaban J connectivity index is 2.26. The molecule has 1 aromatic heterocycles. The fourth-order valence-corrected chi connectivity index (χ4v) is 1.89. The van der Waals surface area contributed by atoms with E-state index >= 15 is 0 Å². The first-order valence-corrected chi connectivity index (χ1v) is 5.65. The molecule has 7 nitrogen and oxygen atoms in total. The highest BCUT2D eigenvalue weighted by Gasteiger charge is 2.22. The molecule has 98 valence electrons. The largest absolute Gasteiger partial charge is 0.503 e. The van der Waals surface area contributed by atoms with Gasteiger partial charge in [-0.15, -0.1) is 0 Å². The van der Waals surface area contributed by atoms with E-state index in [0.717, 1.165) is 12.7 Å². The summed E-state index contributed by atoms with van der Waals surface area (Å²) in [6.07, 6.45) is 1.44. The minimum atomic E-state index is -0.651. The van der Waals surface area contributed by atoms with Gasteiger partial charge in [0, 0.05) is 6.54 Å². The predicted molar refractivity (Wildman–Crippen MR) is 62.8 cm³/mol. The zero-order chi connectivity index (χ0) is 13.1. The molecule has 1 aliphatic rings. The molecule has 1 aliphatic heterocycles. The summed E-state index contributed by atoms with van der Waals surface area (Å²) in [4.78, 5) is 24.2. The number of aldehydes is 1. The standard InChI is InChI=1S/C11H15N3O4/c1-13-2-3-18-7-8(13)5-14-9(6-15)11(17)10(16)4-12-14/h4,6,8,17H,2-3,5,7H2,1H3. The average Bonchev–Trinajstić information content (AvgIpc) is 2.37. The zero-order valence-electron chi connectivity index (χ0n) is 10.1. The summed E-state index contributed by atoms with van der Waals surface area (Å²) in [6, 6.07) is 0.0619. The summed E-state index contributed by atoms with van der Waals surface area (Å²) in [7, 11) is 1.95. The molecule has 0 amide bonds. The number of rotatable bonds is 3. The average molecular weight is 253 g/mol. The Hall–Kier alpha value is -1.73. The number of aromatic hydroxyl groups is 1. The van der Waals surface area contributed by atoms with E-state index in [0.29, 0.717) is 26.0 Å². The van der Waals surface area contributed by atoms with Crippen LogP contribution < -0.4 is 5.43 Å². The van der Waals surface area contributed by atoms with Crippen LogP contribution in [-0.2, 0) is 11.3 Å². The van der Waals surface area contributed by atoms with Crippen LogP contribution in [0.5, 0.6) is 5.75 Å². The van der Waals surface area contributed by atoms with E-state index in [1.165, 1.54) is 4.68 Å². The molecule has 2 heterocycles. The van der Waals surface area contributed by atoms with Crippen molar-refractivity contribution < 1.29 is 14.6 Å². The molecule has 0 spiro atoms. The van der Waals surface area contributed by atoms with Gasteiger partial charge in [-0.1, -0.05) is 0 Å². The number of aromatic nitrogens is 2. The van der Waals surface area contributed by atoms with Crippen molar-refractivity contribution in [2.75, 3.05) is 26.8 Å². The highest BCUT2D eigenvalue weighted by molar-refractivity contribution is 5.75. The molecule has 1 atom stereocenters. The van der Waals surface area contributed by atoms with E-state index in [9.17, 15) is 14.7 Å². The maximum absolute atomic E-state index is 11.2. The Bertz CT molecular complexity index is 500. The van der Waals surface area contributed by atoms with Gasteiger partial charge in [-0.3, -0.25) is 19.2 Å². The van der Waals surface area contributed by atoms with E-state index < -0.39 is 11.2 Å². The lowest BCUT2D eigenvalue weighted by Gasteiger charge is -2.32. The molecule has 0 aliphatic carbocycles. The van der Waals surface area contributed by atoms with Crippen molar-refractivity contribution >= 4 is 6.29 Å². The third kappa shape index (κ3) is 2.41. The van der Waals surface area contributed by atoms with Crippen molar-refractivity contribution in [3.63, 3.8) is 0 Å². The molecule has 0 aromatic carbocycles. The Morgan fingerprint density at radius 2 is 2.44 bits per heavy atom. The van der Waals surface area contributed by atoms with Gasteiger partial charge < -0.3 is 9.84 Å². The minimum absolute atomic E-state index is 0.0619. The highest BCUT2D eigenvalue weighted by Crippen LogP contribution is 2.11. The lowest BCUT2D eigenvalue weighted by atomic mass is 10.2. The number of likely N-dealkylation sites (N-methyl/N-ethyl adjacent to an activating group) is 1. The minimum Gasteiger partial charge on any atom is -0.503 e. The quantitative estimate of drug-likeness (QED) is 0.702. The molecule has 1 aromatic rings. The molecule has 1 unspecified atom stereocenters. The molecular weight excluding hydrogens is 238 g/mol. The Morgan fingerprint density at radius 1 is 1.67 bits per heavy atom. The summed E-state index contributed by atoms with van der Waals surface area (Å²) in [5, 5.41) is 13.4. The van der Waals surface area contributed by atoms with Gasteiger partial charge in [-0.2, -0.15) is 5.10 Å². The van der Waals surface area contributed by atoms with E-state index in [2.05, 4.69) is 10.00 Å². The maximum Gasteiger partial charge on any atom is 0.242 e. The van der Waals surface area contributed by atoms with Crippen LogP contribution in [0.3, 0.4) is 0 Å². The normalized spacial score (nSPS) is 20.8. The molecule has 18 heavy (non-hydrogen) atoms. The molecule has 2 rings (SSSR count). The van der Waals surface area contributed by atoms with Crippen LogP contribution in [0.4, 0.5) is 0 Å². The van der Waals surface area contributed by atoms with Crippen LogP contribution in [0.25, 0.3) is 0 Å². The fourth-order valence-electron chi connectivity index (χ4n) is 1.89. The molecule has 0 saturated carbocycles. The Kier molecular flexibility index (Phi) is 3.73. The number of ether oxygens (including phenoxy) is 1. The van der Waals surface area contributed by atoms with E-state index in [4.69, 9.17) is 4.74 Å². The number of hydrogen-bond donors (Lipinski definition) is 1. The second-order valence-electron chi connectivity index (χ2n) is 4.25. The molecular formula is C11H15N3O4. The van der Waals surface area contributed by atoms with Crippen LogP contribution in [0.2, 0.25) is 0 Å². The third-order valence-corrected chi connectivity index (χ3v) is 3.09. The maximum atomic E-state index is 11.2. The van der Waals surface area contributed by atoms with Crippen molar-refractivity contribution in [1.29, 1.82) is 0 Å². The van der Waals surface area contributed by atoms with Crippen LogP contribution in [0.1, 0.15) is 10.5 Å². The van der Waals surface area contributed by atoms with Gasteiger partial charge in [0.2, 0.25) is 5.43 Å². The molecule has 0 bridgehead atoms. The van der Waals surface area contributed by atoms with Crippen molar-refractivity contribution in [2.45, 2.75) is 12.6 Å². The number of hydrogen-bond acceptors (Lipinski definition) is 6. The molecule has 0 radical (unpaired) electrons. The van der Waals surface area contributed by atoms with Gasteiger partial charge in [0.25, 0.3) is 0 Å². The number of morpholine rings is 1. The van der Waals surface area contributed by atoms with E-state index in [-0.39, 0.29) is 11.7 Å². The fraction of sp³-hybridized carbons (Fsp3) is 0.545. The summed E-state index contributed by atoms with van der Waals surface area (Å²) in [5.41, 5.74) is -0.747. The predicted octanol–water partition coefficient (Wildman–Crippen LogP) is -0.908. The first-order valence-electron chi connectivity index (χ1n) is 5.65. The third-order valence-electron chi connectivity index (χ3n) is 3.09. The molecule has 1 saturated heterocycles. The van der Waals surface area contributed by atoms with Gasteiger partial charge in [0.1, 0.15) is 5.69 Å². The van der Waals surface area contributed by atoms with E-state index in [1.807, 2.05) is 7.05 Å². The second-order valence-corrected chi connectivity index (χ2v) is 4.25. The molecule has 1 N–H and O–H groups in total. The zero-order valence-corrected chi connectivity index (χ0v) is 10.1. The van der Waals surface area contributed by atoms with Gasteiger partial charge in [-0.05, 0) is 7.05 Å². The summed E-state index contributed by atoms with van der Waals surface area (Å²) in [5.74, 6) is -0.556. The van der Waals surface area contributed by atoms with Crippen molar-refractivity contribution in [3.05, 3.63) is 22.1 Å². The van der Waals surface area contributed by atoms with Gasteiger partial charge >= 0.3 is 0 Å². The van der Waals surface area contributed by atoms with Crippen molar-refractivity contribution in [2.24, 2.45) is 0 Å². The lowest BCUT2D eigenvalue weighted by molar-refractivity contribution is -0.00185. The smallest absolute Gasteiger partial charge is 0.242 e. The van der Waals surface area contributed by atoms with Gasteiger partial charge in [0.15, 0.2) is 12.0 Å². The second kappa shape index (κ2) is 5.28. The van der Waals surface area contributed by atoms with Crippen LogP contribution in [0.15, 0.2) is 11.0 Å². The lowest BCUT2D eigenvalue weighted by Crippen LogP contribution is -2.45. The highest BCUT2D eigenvalue weighted by atomic mass is 16.5. The summed E-state index contributed by atoms with van der Waals surface area (Å²) >= 11 is 0. The Morgan fingerprint density at radius 3 is 3.11 bits per heavy atom. The van der Waals surface area contributed by atoms with Gasteiger partial charge in [-0.25, -0.2) is 0 Å². The topological polar surface area (TPSA) is 84.7 Å². The van der Waals surface area contributed by atoms with Crippen LogP contribution in [0, 0.1) is 0 Å². The van der Waals surface area contributed by atoms with Crippen molar-refractivity contribution in [1.82, 2.24) is 14.7 Å². The Labute approximate surface area is 104 Å². The van der Waals surface area contributed by atoms with Crippen molar-refractivity contribution in [3.8, 4) is 5.75 Å². The summed E-state index contributed by atoms with van der Waals surface area (Å²) in [6.45, 7) is 2.39. The summed E-state index contributed by atoms with van der Waals surface area (Å²) < 4.78 is 6.69. The van der Waals surface area contributed by atoms with E-state index in [1.54, 1.807) is 0 Å².